The van der Waals surface area contributed by atoms with E-state index < -0.39 is 0 Å². The highest BCUT2D eigenvalue weighted by Gasteiger charge is 2.18. The smallest absolute Gasteiger partial charge is 0.297 e. The molecule has 0 aliphatic heterocycles. The number of nitrogens with zero attached hydrogens (tertiary/aromatic N) is 1. The van der Waals surface area contributed by atoms with Gasteiger partial charge in [0.15, 0.2) is 0 Å². The Morgan fingerprint density at radius 1 is 1.25 bits per heavy atom. The van der Waals surface area contributed by atoms with Gasteiger partial charge in [-0.05, 0) is 18.3 Å². The van der Waals surface area contributed by atoms with Crippen LogP contribution in [0.25, 0.3) is 0 Å². The number of rotatable bonds is 4. The molecule has 1 aromatic heterocycles. The van der Waals surface area contributed by atoms with Gasteiger partial charge in [0.2, 0.25) is 0 Å². The normalized spacial score (nSPS) is 16.8. The molecule has 0 saturated heterocycles. The van der Waals surface area contributed by atoms with E-state index in [1.165, 1.54) is 36.7 Å². The molecular formula is C15H23ClN2O2. The Kier molecular flexibility index (Phi) is 5.08. The van der Waals surface area contributed by atoms with Gasteiger partial charge < -0.3 is 0 Å². The molecule has 2 rings (SSSR count). The lowest BCUT2D eigenvalue weighted by molar-refractivity contribution is 0.320. The summed E-state index contributed by atoms with van der Waals surface area (Å²) in [5.41, 5.74) is -0.111. The fourth-order valence-corrected chi connectivity index (χ4v) is 3.43. The Labute approximate surface area is 124 Å². The second-order valence-corrected chi connectivity index (χ2v) is 6.44. The van der Waals surface area contributed by atoms with E-state index in [1.54, 1.807) is 0 Å². The molecule has 0 atom stereocenters. The molecule has 112 valence electrons. The minimum Gasteiger partial charge on any atom is -0.297 e. The van der Waals surface area contributed by atoms with Gasteiger partial charge >= 0.3 is 5.69 Å². The zero-order chi connectivity index (χ0) is 14.7. The van der Waals surface area contributed by atoms with Crippen molar-refractivity contribution < 1.29 is 0 Å². The van der Waals surface area contributed by atoms with E-state index in [1.807, 2.05) is 13.8 Å². The minimum atomic E-state index is -0.389. The maximum atomic E-state index is 12.4. The highest BCUT2D eigenvalue weighted by atomic mass is 35.5. The topological polar surface area (TPSA) is 54.9 Å². The summed E-state index contributed by atoms with van der Waals surface area (Å²) in [6.45, 7) is 4.31. The predicted molar refractivity (Wildman–Crippen MR) is 81.6 cm³/mol. The first kappa shape index (κ1) is 15.4. The molecule has 1 aromatic rings. The second kappa shape index (κ2) is 6.61. The van der Waals surface area contributed by atoms with E-state index in [-0.39, 0.29) is 22.3 Å². The fraction of sp³-hybridized carbons (Fsp3) is 0.733. The van der Waals surface area contributed by atoms with Gasteiger partial charge in [-0.25, -0.2) is 4.79 Å². The summed E-state index contributed by atoms with van der Waals surface area (Å²) in [6, 6.07) is 0. The van der Waals surface area contributed by atoms with Crippen LogP contribution < -0.4 is 11.2 Å². The van der Waals surface area contributed by atoms with Gasteiger partial charge in [0.05, 0.1) is 5.56 Å². The monoisotopic (exact) mass is 298 g/mol. The number of hydrogen-bond acceptors (Lipinski definition) is 2. The van der Waals surface area contributed by atoms with Gasteiger partial charge in [-0.3, -0.25) is 14.3 Å². The van der Waals surface area contributed by atoms with Crippen LogP contribution in [-0.4, -0.2) is 9.55 Å². The molecule has 5 heteroatoms. The number of aromatic amines is 1. The Bertz CT molecular complexity index is 568. The zero-order valence-corrected chi connectivity index (χ0v) is 13.0. The first-order valence-corrected chi connectivity index (χ1v) is 7.91. The van der Waals surface area contributed by atoms with Crippen LogP contribution in [-0.2, 0) is 6.54 Å². The Morgan fingerprint density at radius 3 is 2.50 bits per heavy atom. The lowest BCUT2D eigenvalue weighted by atomic mass is 9.87. The molecule has 0 amide bonds. The summed E-state index contributed by atoms with van der Waals surface area (Å²) in [5.74, 6) is 0.654. The van der Waals surface area contributed by atoms with Crippen molar-refractivity contribution in [2.45, 2.75) is 64.8 Å². The van der Waals surface area contributed by atoms with Gasteiger partial charge in [-0.15, -0.1) is 0 Å². The highest BCUT2D eigenvalue weighted by Crippen LogP contribution is 2.26. The first-order valence-electron chi connectivity index (χ1n) is 7.53. The van der Waals surface area contributed by atoms with E-state index in [0.29, 0.717) is 18.0 Å². The average molecular weight is 299 g/mol. The number of nitrogens with one attached hydrogen (secondary N) is 1. The van der Waals surface area contributed by atoms with Crippen molar-refractivity contribution in [1.29, 1.82) is 0 Å². The van der Waals surface area contributed by atoms with Gasteiger partial charge in [-0.1, -0.05) is 57.6 Å². The number of aromatic nitrogens is 2. The summed E-state index contributed by atoms with van der Waals surface area (Å²) >= 11 is 5.98. The molecule has 0 unspecified atom stereocenters. The molecule has 1 heterocycles. The van der Waals surface area contributed by atoms with Crippen LogP contribution in [0.5, 0.6) is 0 Å². The number of H-pyrrole nitrogens is 1. The molecule has 4 nitrogen and oxygen atoms in total. The van der Waals surface area contributed by atoms with Gasteiger partial charge in [0.1, 0.15) is 5.15 Å². The van der Waals surface area contributed by atoms with Crippen LogP contribution >= 0.6 is 11.6 Å². The first-order chi connectivity index (χ1) is 9.50. The Hall–Kier alpha value is -1.03. The summed E-state index contributed by atoms with van der Waals surface area (Å²) in [6.07, 6.45) is 7.20. The lowest BCUT2D eigenvalue weighted by Crippen LogP contribution is -2.38. The summed E-state index contributed by atoms with van der Waals surface area (Å²) < 4.78 is 1.32. The Morgan fingerprint density at radius 2 is 1.90 bits per heavy atom. The van der Waals surface area contributed by atoms with E-state index in [2.05, 4.69) is 4.98 Å². The lowest BCUT2D eigenvalue weighted by Gasteiger charge is -2.21. The van der Waals surface area contributed by atoms with Crippen molar-refractivity contribution in [1.82, 2.24) is 9.55 Å². The molecule has 0 aromatic carbocycles. The summed E-state index contributed by atoms with van der Waals surface area (Å²) in [7, 11) is 0. The third-order valence-electron chi connectivity index (χ3n) is 4.24. The van der Waals surface area contributed by atoms with Crippen molar-refractivity contribution >= 4 is 11.6 Å². The predicted octanol–water partition coefficient (Wildman–Crippen LogP) is 3.28. The molecule has 20 heavy (non-hydrogen) atoms. The second-order valence-electron chi connectivity index (χ2n) is 6.06. The van der Waals surface area contributed by atoms with Gasteiger partial charge in [0, 0.05) is 6.54 Å². The van der Waals surface area contributed by atoms with E-state index >= 15 is 0 Å². The van der Waals surface area contributed by atoms with Crippen molar-refractivity contribution in [3.8, 4) is 0 Å². The van der Waals surface area contributed by atoms with Crippen LogP contribution in [0.1, 0.15) is 63.9 Å². The number of halogens is 1. The number of hydrogen-bond donors (Lipinski definition) is 1. The Balaban J connectivity index is 2.21. The van der Waals surface area contributed by atoms with Crippen molar-refractivity contribution in [3.63, 3.8) is 0 Å². The highest BCUT2D eigenvalue weighted by molar-refractivity contribution is 6.30. The third kappa shape index (κ3) is 3.35. The van der Waals surface area contributed by atoms with Crippen LogP contribution in [0.3, 0.4) is 0 Å². The molecule has 1 N–H and O–H groups in total. The zero-order valence-electron chi connectivity index (χ0n) is 12.2. The van der Waals surface area contributed by atoms with E-state index in [4.69, 9.17) is 11.6 Å². The molecule has 1 fully saturated rings. The third-order valence-corrected chi connectivity index (χ3v) is 4.53. The quantitative estimate of drug-likeness (QED) is 0.867. The van der Waals surface area contributed by atoms with Gasteiger partial charge in [-0.2, -0.15) is 0 Å². The largest absolute Gasteiger partial charge is 0.329 e. The van der Waals surface area contributed by atoms with E-state index in [0.717, 1.165) is 6.42 Å². The minimum absolute atomic E-state index is 0.00720. The molecule has 0 radical (unpaired) electrons. The standard InChI is InChI=1S/C15H23ClN2O2/c1-10(2)12-13(16)17-15(20)18(14(12)19)9-8-11-6-4-3-5-7-11/h10-11H,3-9H2,1-2H3,(H,17,20). The molecule has 0 bridgehead atoms. The average Bonchev–Trinajstić information content (AvgIpc) is 2.38. The maximum absolute atomic E-state index is 12.4. The van der Waals surface area contributed by atoms with Gasteiger partial charge in [0.25, 0.3) is 5.56 Å². The fourth-order valence-electron chi connectivity index (χ4n) is 3.05. The molecule has 1 aliphatic carbocycles. The van der Waals surface area contributed by atoms with E-state index in [9.17, 15) is 9.59 Å². The van der Waals surface area contributed by atoms with Crippen LogP contribution in [0.15, 0.2) is 9.59 Å². The maximum Gasteiger partial charge on any atom is 0.329 e. The molecule has 1 saturated carbocycles. The molecular weight excluding hydrogens is 276 g/mol. The van der Waals surface area contributed by atoms with Crippen molar-refractivity contribution in [3.05, 3.63) is 31.6 Å². The SMILES string of the molecule is CC(C)c1c(Cl)[nH]c(=O)n(CCC2CCCCC2)c1=O. The van der Waals surface area contributed by atoms with Crippen molar-refractivity contribution in [2.24, 2.45) is 5.92 Å². The van der Waals surface area contributed by atoms with Crippen LogP contribution in [0, 0.1) is 5.92 Å². The van der Waals surface area contributed by atoms with Crippen LogP contribution in [0.2, 0.25) is 5.15 Å². The molecule has 1 aliphatic rings. The summed E-state index contributed by atoms with van der Waals surface area (Å²) in [5, 5.41) is 0.184. The molecule has 0 spiro atoms. The van der Waals surface area contributed by atoms with Crippen LogP contribution in [0.4, 0.5) is 0 Å². The summed E-state index contributed by atoms with van der Waals surface area (Å²) in [4.78, 5) is 26.9. The van der Waals surface area contributed by atoms with Crippen molar-refractivity contribution in [2.75, 3.05) is 0 Å².